The van der Waals surface area contributed by atoms with Crippen LogP contribution in [0.4, 0.5) is 13.2 Å². The average molecular weight is 303 g/mol. The zero-order valence-electron chi connectivity index (χ0n) is 12.1. The molecule has 0 spiro atoms. The second kappa shape index (κ2) is 7.45. The van der Waals surface area contributed by atoms with Crippen LogP contribution in [0, 0.1) is 5.92 Å². The summed E-state index contributed by atoms with van der Waals surface area (Å²) in [6.07, 6.45) is -4.54. The fourth-order valence-electron chi connectivity index (χ4n) is 1.76. The zero-order chi connectivity index (χ0) is 16.0. The lowest BCUT2D eigenvalue weighted by molar-refractivity contribution is -0.137. The van der Waals surface area contributed by atoms with Crippen molar-refractivity contribution >= 4 is 5.91 Å². The van der Waals surface area contributed by atoms with Crippen molar-refractivity contribution in [1.82, 2.24) is 5.32 Å². The van der Waals surface area contributed by atoms with Gasteiger partial charge in [0.05, 0.1) is 11.7 Å². The Kier molecular flexibility index (Phi) is 6.20. The maximum atomic E-state index is 12.6. The highest BCUT2D eigenvalue weighted by atomic mass is 19.4. The molecule has 2 N–H and O–H groups in total. The van der Waals surface area contributed by atoms with Crippen LogP contribution >= 0.6 is 0 Å². The predicted octanol–water partition coefficient (Wildman–Crippen LogP) is 3.29. The van der Waals surface area contributed by atoms with Gasteiger partial charge in [-0.05, 0) is 30.0 Å². The summed E-state index contributed by atoms with van der Waals surface area (Å²) in [7, 11) is 0. The highest BCUT2D eigenvalue weighted by Gasteiger charge is 2.30. The first-order valence-electron chi connectivity index (χ1n) is 6.82. The molecule has 0 bridgehead atoms. The van der Waals surface area contributed by atoms with E-state index < -0.39 is 17.8 Å². The lowest BCUT2D eigenvalue weighted by atomic mass is 10.1. The molecule has 3 nitrogen and oxygen atoms in total. The van der Waals surface area contributed by atoms with Crippen LogP contribution in [-0.2, 0) is 11.0 Å². The van der Waals surface area contributed by atoms with E-state index in [1.807, 2.05) is 13.8 Å². The van der Waals surface area contributed by atoms with Gasteiger partial charge in [0.2, 0.25) is 5.91 Å². The Morgan fingerprint density at radius 1 is 1.33 bits per heavy atom. The third-order valence-corrected chi connectivity index (χ3v) is 3.04. The maximum absolute atomic E-state index is 12.6. The topological polar surface area (TPSA) is 49.3 Å². The van der Waals surface area contributed by atoms with E-state index in [0.29, 0.717) is 12.3 Å². The number of carbonyl (C=O) groups excluding carboxylic acids is 1. The molecule has 1 atom stereocenters. The highest BCUT2D eigenvalue weighted by molar-refractivity contribution is 5.75. The molecule has 21 heavy (non-hydrogen) atoms. The fourth-order valence-corrected chi connectivity index (χ4v) is 1.76. The molecule has 0 aliphatic rings. The van der Waals surface area contributed by atoms with Crippen molar-refractivity contribution in [3.05, 3.63) is 35.4 Å². The van der Waals surface area contributed by atoms with Crippen LogP contribution in [0.5, 0.6) is 0 Å². The third kappa shape index (κ3) is 6.16. The molecule has 118 valence electrons. The monoisotopic (exact) mass is 303 g/mol. The van der Waals surface area contributed by atoms with E-state index in [9.17, 15) is 23.1 Å². The van der Waals surface area contributed by atoms with Crippen LogP contribution in [0.2, 0.25) is 0 Å². The lowest BCUT2D eigenvalue weighted by Gasteiger charge is -2.14. The molecule has 0 aliphatic heterocycles. The number of rotatable bonds is 6. The first kappa shape index (κ1) is 17.5. The fraction of sp³-hybridized carbons (Fsp3) is 0.533. The van der Waals surface area contributed by atoms with Crippen LogP contribution in [0.1, 0.15) is 43.9 Å². The smallest absolute Gasteiger partial charge is 0.387 e. The van der Waals surface area contributed by atoms with Gasteiger partial charge in [0.1, 0.15) is 0 Å². The van der Waals surface area contributed by atoms with Crippen molar-refractivity contribution < 1.29 is 23.1 Å². The van der Waals surface area contributed by atoms with Gasteiger partial charge in [0.15, 0.2) is 0 Å². The second-order valence-electron chi connectivity index (χ2n) is 5.38. The van der Waals surface area contributed by atoms with Crippen molar-refractivity contribution in [2.24, 2.45) is 5.92 Å². The first-order valence-corrected chi connectivity index (χ1v) is 6.82. The Labute approximate surface area is 122 Å². The van der Waals surface area contributed by atoms with E-state index >= 15 is 0 Å². The number of aliphatic hydroxyl groups excluding tert-OH is 1. The molecule has 1 aromatic rings. The number of halogens is 3. The summed E-state index contributed by atoms with van der Waals surface area (Å²) in [6, 6.07) is 4.48. The minimum Gasteiger partial charge on any atom is -0.387 e. The summed E-state index contributed by atoms with van der Waals surface area (Å²) in [6.45, 7) is 3.88. The molecule has 1 amide bonds. The van der Waals surface area contributed by atoms with Crippen molar-refractivity contribution in [1.29, 1.82) is 0 Å². The van der Waals surface area contributed by atoms with Crippen molar-refractivity contribution in [2.75, 3.05) is 6.54 Å². The summed E-state index contributed by atoms with van der Waals surface area (Å²) in [5, 5.41) is 12.4. The number of amides is 1. The maximum Gasteiger partial charge on any atom is 0.416 e. The van der Waals surface area contributed by atoms with Crippen molar-refractivity contribution in [3.8, 4) is 0 Å². The molecule has 0 radical (unpaired) electrons. The van der Waals surface area contributed by atoms with Gasteiger partial charge in [0.25, 0.3) is 0 Å². The molecule has 6 heteroatoms. The number of nitrogens with one attached hydrogen (secondary N) is 1. The van der Waals surface area contributed by atoms with Gasteiger partial charge in [-0.15, -0.1) is 0 Å². The summed E-state index contributed by atoms with van der Waals surface area (Å²) in [5.41, 5.74) is -0.681. The van der Waals surface area contributed by atoms with Gasteiger partial charge in [-0.25, -0.2) is 0 Å². The molecule has 1 unspecified atom stereocenters. The average Bonchev–Trinajstić information content (AvgIpc) is 2.41. The number of aliphatic hydroxyl groups is 1. The van der Waals surface area contributed by atoms with Gasteiger partial charge in [-0.3, -0.25) is 4.79 Å². The number of benzene rings is 1. The van der Waals surface area contributed by atoms with Crippen molar-refractivity contribution in [3.63, 3.8) is 0 Å². The Morgan fingerprint density at radius 2 is 2.00 bits per heavy atom. The summed E-state index contributed by atoms with van der Waals surface area (Å²) < 4.78 is 37.7. The lowest BCUT2D eigenvalue weighted by Crippen LogP contribution is -2.28. The molecular weight excluding hydrogens is 283 g/mol. The summed E-state index contributed by atoms with van der Waals surface area (Å²) in [4.78, 5) is 11.5. The second-order valence-corrected chi connectivity index (χ2v) is 5.38. The van der Waals surface area contributed by atoms with Crippen LogP contribution < -0.4 is 5.32 Å². The number of carbonyl (C=O) groups is 1. The Bertz CT molecular complexity index is 472. The minimum absolute atomic E-state index is 0.0990. The summed E-state index contributed by atoms with van der Waals surface area (Å²) >= 11 is 0. The molecule has 0 saturated carbocycles. The molecule has 0 heterocycles. The largest absolute Gasteiger partial charge is 0.416 e. The summed E-state index contributed by atoms with van der Waals surface area (Å²) in [5.74, 6) is 0.180. The van der Waals surface area contributed by atoms with Crippen molar-refractivity contribution in [2.45, 2.75) is 39.0 Å². The zero-order valence-corrected chi connectivity index (χ0v) is 12.1. The molecule has 0 fully saturated rings. The third-order valence-electron chi connectivity index (χ3n) is 3.04. The van der Waals surface area contributed by atoms with Gasteiger partial charge < -0.3 is 10.4 Å². The molecular formula is C15H20F3NO2. The normalized spacial score (nSPS) is 13.3. The minimum atomic E-state index is -4.45. The Balaban J connectivity index is 2.56. The van der Waals surface area contributed by atoms with E-state index in [-0.39, 0.29) is 18.0 Å². The number of alkyl halides is 3. The molecule has 1 aromatic carbocycles. The van der Waals surface area contributed by atoms with Gasteiger partial charge in [-0.1, -0.05) is 26.0 Å². The van der Waals surface area contributed by atoms with Crippen LogP contribution in [0.3, 0.4) is 0 Å². The van der Waals surface area contributed by atoms with Crippen LogP contribution in [0.15, 0.2) is 24.3 Å². The molecule has 0 saturated heterocycles. The molecule has 0 aromatic heterocycles. The Hall–Kier alpha value is -1.56. The van der Waals surface area contributed by atoms with E-state index in [4.69, 9.17) is 0 Å². The molecule has 1 rings (SSSR count). The number of hydrogen-bond donors (Lipinski definition) is 2. The van der Waals surface area contributed by atoms with E-state index in [0.717, 1.165) is 18.6 Å². The first-order chi connectivity index (χ1) is 9.70. The van der Waals surface area contributed by atoms with E-state index in [1.165, 1.54) is 12.1 Å². The Morgan fingerprint density at radius 3 is 2.57 bits per heavy atom. The predicted molar refractivity (Wildman–Crippen MR) is 73.5 cm³/mol. The number of hydrogen-bond acceptors (Lipinski definition) is 2. The molecule has 0 aliphatic carbocycles. The van der Waals surface area contributed by atoms with Gasteiger partial charge >= 0.3 is 6.18 Å². The van der Waals surface area contributed by atoms with Gasteiger partial charge in [0, 0.05) is 13.0 Å². The quantitative estimate of drug-likeness (QED) is 0.847. The SMILES string of the molecule is CC(C)CCC(=O)NCC(O)c1cccc(C(F)(F)F)c1. The van der Waals surface area contributed by atoms with E-state index in [2.05, 4.69) is 5.32 Å². The van der Waals surface area contributed by atoms with E-state index in [1.54, 1.807) is 0 Å². The van der Waals surface area contributed by atoms with Gasteiger partial charge in [-0.2, -0.15) is 13.2 Å². The standard InChI is InChI=1S/C15H20F3NO2/c1-10(2)6-7-14(21)19-9-13(20)11-4-3-5-12(8-11)15(16,17)18/h3-5,8,10,13,20H,6-7,9H2,1-2H3,(H,19,21). The highest BCUT2D eigenvalue weighted by Crippen LogP contribution is 2.30. The van der Waals surface area contributed by atoms with Crippen LogP contribution in [-0.4, -0.2) is 17.6 Å². The van der Waals surface area contributed by atoms with Crippen LogP contribution in [0.25, 0.3) is 0 Å².